The van der Waals surface area contributed by atoms with Gasteiger partial charge >= 0.3 is 5.97 Å². The van der Waals surface area contributed by atoms with Gasteiger partial charge in [-0.15, -0.1) is 0 Å². The number of hydrogen-bond donors (Lipinski definition) is 2. The maximum atomic E-state index is 11.9. The number of carbonyl (C=O) groups excluding carboxylic acids is 1. The second-order valence-corrected chi connectivity index (χ2v) is 6.65. The molecule has 1 aliphatic carbocycles. The van der Waals surface area contributed by atoms with E-state index < -0.39 is 5.97 Å². The van der Waals surface area contributed by atoms with Gasteiger partial charge in [0.05, 0.1) is 31.2 Å². The molecule has 2 N–H and O–H groups in total. The van der Waals surface area contributed by atoms with E-state index in [2.05, 4.69) is 25.6 Å². The summed E-state index contributed by atoms with van der Waals surface area (Å²) in [7, 11) is 2.92. The molecule has 3 aromatic rings. The fourth-order valence-electron chi connectivity index (χ4n) is 2.85. The van der Waals surface area contributed by atoms with Gasteiger partial charge in [0, 0.05) is 30.1 Å². The van der Waals surface area contributed by atoms with Crippen molar-refractivity contribution in [3.63, 3.8) is 0 Å². The van der Waals surface area contributed by atoms with Crippen LogP contribution in [0.15, 0.2) is 48.8 Å². The molecule has 4 rings (SSSR count). The summed E-state index contributed by atoms with van der Waals surface area (Å²) < 4.78 is 10.2. The third kappa shape index (κ3) is 4.43. The number of nitrogens with one attached hydrogen (secondary N) is 2. The Hall–Kier alpha value is -3.68. The van der Waals surface area contributed by atoms with Crippen LogP contribution >= 0.6 is 0 Å². The van der Waals surface area contributed by atoms with Crippen LogP contribution in [-0.2, 0) is 4.74 Å². The average molecular weight is 391 g/mol. The molecule has 1 aliphatic rings. The van der Waals surface area contributed by atoms with E-state index in [1.807, 2.05) is 18.2 Å². The van der Waals surface area contributed by atoms with E-state index in [1.165, 1.54) is 7.11 Å². The first-order chi connectivity index (χ1) is 14.2. The molecule has 8 heteroatoms. The van der Waals surface area contributed by atoms with Crippen molar-refractivity contribution in [1.29, 1.82) is 0 Å². The number of anilines is 3. The Balaban J connectivity index is 1.71. The predicted octanol–water partition coefficient (Wildman–Crippen LogP) is 3.65. The topological polar surface area (TPSA) is 98.3 Å². The number of rotatable bonds is 7. The molecule has 148 valence electrons. The first-order valence-corrected chi connectivity index (χ1v) is 9.25. The van der Waals surface area contributed by atoms with Gasteiger partial charge in [0.25, 0.3) is 0 Å². The minimum Gasteiger partial charge on any atom is -0.495 e. The number of ether oxygens (including phenoxy) is 2. The van der Waals surface area contributed by atoms with Crippen molar-refractivity contribution in [2.45, 2.75) is 18.9 Å². The van der Waals surface area contributed by atoms with Gasteiger partial charge in [0.15, 0.2) is 0 Å². The van der Waals surface area contributed by atoms with Crippen LogP contribution in [0.1, 0.15) is 23.2 Å². The molecule has 2 heterocycles. The smallest absolute Gasteiger partial charge is 0.337 e. The second-order valence-electron chi connectivity index (χ2n) is 6.65. The Bertz CT molecular complexity index is 1020. The Morgan fingerprint density at radius 1 is 1.07 bits per heavy atom. The summed E-state index contributed by atoms with van der Waals surface area (Å²) in [5.41, 5.74) is 2.71. The Labute approximate surface area is 168 Å². The summed E-state index contributed by atoms with van der Waals surface area (Å²) in [4.78, 5) is 25.2. The summed E-state index contributed by atoms with van der Waals surface area (Å²) in [5, 5.41) is 6.58. The zero-order valence-electron chi connectivity index (χ0n) is 16.2. The van der Waals surface area contributed by atoms with E-state index in [4.69, 9.17) is 9.47 Å². The molecular formula is C21H21N5O3. The first kappa shape index (κ1) is 18.7. The maximum Gasteiger partial charge on any atom is 0.337 e. The van der Waals surface area contributed by atoms with Crippen molar-refractivity contribution in [3.05, 3.63) is 54.4 Å². The van der Waals surface area contributed by atoms with Crippen LogP contribution < -0.4 is 15.4 Å². The van der Waals surface area contributed by atoms with Gasteiger partial charge in [-0.05, 0) is 43.2 Å². The number of carbonyl (C=O) groups is 1. The van der Waals surface area contributed by atoms with Crippen LogP contribution in [0.25, 0.3) is 11.3 Å². The van der Waals surface area contributed by atoms with Gasteiger partial charge in [-0.3, -0.25) is 4.98 Å². The van der Waals surface area contributed by atoms with Crippen molar-refractivity contribution >= 4 is 23.4 Å². The van der Waals surface area contributed by atoms with Crippen molar-refractivity contribution in [2.24, 2.45) is 0 Å². The lowest BCUT2D eigenvalue weighted by molar-refractivity contribution is 0.0600. The fourth-order valence-corrected chi connectivity index (χ4v) is 2.85. The third-order valence-electron chi connectivity index (χ3n) is 4.50. The number of esters is 1. The average Bonchev–Trinajstić information content (AvgIpc) is 3.57. The largest absolute Gasteiger partial charge is 0.495 e. The summed E-state index contributed by atoms with van der Waals surface area (Å²) >= 11 is 0. The normalized spacial score (nSPS) is 12.9. The van der Waals surface area contributed by atoms with Gasteiger partial charge in [0.2, 0.25) is 5.95 Å². The van der Waals surface area contributed by atoms with Gasteiger partial charge in [-0.2, -0.15) is 4.98 Å². The van der Waals surface area contributed by atoms with E-state index in [9.17, 15) is 4.79 Å². The number of nitrogens with zero attached hydrogens (tertiary/aromatic N) is 3. The van der Waals surface area contributed by atoms with Crippen molar-refractivity contribution in [1.82, 2.24) is 15.0 Å². The highest BCUT2D eigenvalue weighted by molar-refractivity contribution is 5.91. The van der Waals surface area contributed by atoms with E-state index in [-0.39, 0.29) is 0 Å². The second kappa shape index (κ2) is 8.14. The quantitative estimate of drug-likeness (QED) is 0.589. The molecule has 2 aromatic heterocycles. The van der Waals surface area contributed by atoms with E-state index in [1.54, 1.807) is 37.7 Å². The Kier molecular flexibility index (Phi) is 5.24. The van der Waals surface area contributed by atoms with E-state index in [0.29, 0.717) is 34.8 Å². The molecule has 0 unspecified atom stereocenters. The third-order valence-corrected chi connectivity index (χ3v) is 4.50. The maximum absolute atomic E-state index is 11.9. The highest BCUT2D eigenvalue weighted by atomic mass is 16.5. The highest BCUT2D eigenvalue weighted by Gasteiger charge is 2.22. The predicted molar refractivity (Wildman–Crippen MR) is 110 cm³/mol. The van der Waals surface area contributed by atoms with Crippen LogP contribution in [-0.4, -0.2) is 41.2 Å². The van der Waals surface area contributed by atoms with Crippen molar-refractivity contribution in [2.75, 3.05) is 24.9 Å². The van der Waals surface area contributed by atoms with Crippen LogP contribution in [0.4, 0.5) is 17.5 Å². The lowest BCUT2D eigenvalue weighted by Crippen LogP contribution is -2.08. The van der Waals surface area contributed by atoms with Crippen LogP contribution in [0.3, 0.4) is 0 Å². The Morgan fingerprint density at radius 2 is 1.86 bits per heavy atom. The molecule has 0 radical (unpaired) electrons. The van der Waals surface area contributed by atoms with Gasteiger partial charge in [-0.1, -0.05) is 0 Å². The number of benzene rings is 1. The van der Waals surface area contributed by atoms with Gasteiger partial charge in [-0.25, -0.2) is 9.78 Å². The van der Waals surface area contributed by atoms with Crippen molar-refractivity contribution < 1.29 is 14.3 Å². The number of pyridine rings is 1. The standard InChI is InChI=1S/C21H21N5O3/c1-28-18-6-3-14(20(27)29-2)11-17(18)24-19-12-16(13-7-9-22-10-8-13)25-21(26-19)23-15-4-5-15/h3,6-12,15H,4-5H2,1-2H3,(H2,23,24,25,26). The molecule has 0 spiro atoms. The zero-order chi connectivity index (χ0) is 20.2. The molecule has 0 aliphatic heterocycles. The van der Waals surface area contributed by atoms with Crippen LogP contribution in [0, 0.1) is 0 Å². The molecule has 1 aromatic carbocycles. The Morgan fingerprint density at radius 3 is 2.55 bits per heavy atom. The summed E-state index contributed by atoms with van der Waals surface area (Å²) in [6, 6.07) is 11.1. The fraction of sp³-hybridized carbons (Fsp3) is 0.238. The number of hydrogen-bond acceptors (Lipinski definition) is 8. The van der Waals surface area contributed by atoms with Crippen LogP contribution in [0.2, 0.25) is 0 Å². The molecule has 0 atom stereocenters. The summed E-state index contributed by atoms with van der Waals surface area (Å²) in [6.45, 7) is 0. The minimum atomic E-state index is -0.424. The first-order valence-electron chi connectivity index (χ1n) is 9.25. The lowest BCUT2D eigenvalue weighted by Gasteiger charge is -2.14. The molecule has 0 amide bonds. The number of methoxy groups -OCH3 is 2. The molecule has 0 saturated heterocycles. The van der Waals surface area contributed by atoms with E-state index in [0.717, 1.165) is 24.1 Å². The monoisotopic (exact) mass is 391 g/mol. The SMILES string of the molecule is COC(=O)c1ccc(OC)c(Nc2cc(-c3ccncc3)nc(NC3CC3)n2)c1. The van der Waals surface area contributed by atoms with Gasteiger partial charge < -0.3 is 20.1 Å². The molecule has 1 saturated carbocycles. The zero-order valence-corrected chi connectivity index (χ0v) is 16.2. The van der Waals surface area contributed by atoms with E-state index >= 15 is 0 Å². The van der Waals surface area contributed by atoms with Crippen LogP contribution in [0.5, 0.6) is 5.75 Å². The summed E-state index contributed by atoms with van der Waals surface area (Å²) in [5.74, 6) is 1.29. The molecule has 8 nitrogen and oxygen atoms in total. The molecular weight excluding hydrogens is 370 g/mol. The number of aromatic nitrogens is 3. The summed E-state index contributed by atoms with van der Waals surface area (Å²) in [6.07, 6.45) is 5.67. The van der Waals surface area contributed by atoms with Crippen molar-refractivity contribution in [3.8, 4) is 17.0 Å². The molecule has 0 bridgehead atoms. The highest BCUT2D eigenvalue weighted by Crippen LogP contribution is 2.31. The van der Waals surface area contributed by atoms with Gasteiger partial charge in [0.1, 0.15) is 11.6 Å². The molecule has 29 heavy (non-hydrogen) atoms. The minimum absolute atomic E-state index is 0.410. The molecule has 1 fully saturated rings. The lowest BCUT2D eigenvalue weighted by atomic mass is 10.1.